The molecule has 0 bridgehead atoms. The number of aryl methyl sites for hydroxylation is 1. The lowest BCUT2D eigenvalue weighted by atomic mass is 10.1. The molecule has 1 nitrogen and oxygen atoms in total. The Balaban J connectivity index is 2.44. The Hall–Kier alpha value is -1.15. The fraction of sp³-hybridized carbons (Fsp3) is 0.308. The maximum Gasteiger partial charge on any atom is 0.137 e. The van der Waals surface area contributed by atoms with Crippen molar-refractivity contribution in [1.82, 2.24) is 0 Å². The zero-order chi connectivity index (χ0) is 10.8. The number of hydrogen-bond donors (Lipinski definition) is 0. The molecule has 2 rings (SSSR count). The summed E-state index contributed by atoms with van der Waals surface area (Å²) in [7, 11) is 0. The molecule has 0 radical (unpaired) electrons. The average molecular weight is 218 g/mol. The Labute approximate surface area is 93.7 Å². The summed E-state index contributed by atoms with van der Waals surface area (Å²) in [5, 5.41) is 1.29. The largest absolute Gasteiger partial charge is 0.299 e. The molecule has 0 fully saturated rings. The second-order valence-corrected chi connectivity index (χ2v) is 4.85. The molecule has 0 saturated carbocycles. The van der Waals surface area contributed by atoms with E-state index in [2.05, 4.69) is 19.1 Å². The summed E-state index contributed by atoms with van der Waals surface area (Å²) >= 11 is 1.75. The van der Waals surface area contributed by atoms with E-state index in [0.29, 0.717) is 18.6 Å². The summed E-state index contributed by atoms with van der Waals surface area (Å²) in [4.78, 5) is 12.6. The average Bonchev–Trinajstić information content (AvgIpc) is 2.57. The van der Waals surface area contributed by atoms with Gasteiger partial charge in [0.1, 0.15) is 5.78 Å². The third kappa shape index (κ3) is 1.95. The van der Waals surface area contributed by atoms with Gasteiger partial charge in [0, 0.05) is 22.4 Å². The van der Waals surface area contributed by atoms with E-state index in [1.165, 1.54) is 20.5 Å². The van der Waals surface area contributed by atoms with Crippen molar-refractivity contribution in [2.24, 2.45) is 0 Å². The number of rotatable bonds is 3. The van der Waals surface area contributed by atoms with Crippen molar-refractivity contribution in [3.05, 3.63) is 34.7 Å². The van der Waals surface area contributed by atoms with Gasteiger partial charge in [0.15, 0.2) is 0 Å². The van der Waals surface area contributed by atoms with Crippen molar-refractivity contribution in [3.8, 4) is 0 Å². The molecule has 2 aromatic rings. The first-order valence-electron chi connectivity index (χ1n) is 5.21. The summed E-state index contributed by atoms with van der Waals surface area (Å²) in [6, 6.07) is 8.34. The predicted octanol–water partition coefficient (Wildman–Crippen LogP) is 3.73. The zero-order valence-corrected chi connectivity index (χ0v) is 9.86. The van der Waals surface area contributed by atoms with Gasteiger partial charge in [-0.05, 0) is 23.9 Å². The van der Waals surface area contributed by atoms with Crippen LogP contribution in [-0.2, 0) is 11.2 Å². The molecule has 0 unspecified atom stereocenters. The molecule has 0 N–H and O–H groups in total. The highest BCUT2D eigenvalue weighted by Crippen LogP contribution is 2.30. The molecule has 1 aromatic heterocycles. The predicted molar refractivity (Wildman–Crippen MR) is 65.6 cm³/mol. The van der Waals surface area contributed by atoms with Crippen LogP contribution in [0.15, 0.2) is 24.3 Å². The number of carbonyl (C=O) groups excluding carboxylic acids is 1. The number of Topliss-reactive ketones (excluding diaryl/α,β-unsaturated/α-hetero) is 1. The first-order valence-corrected chi connectivity index (χ1v) is 6.02. The van der Waals surface area contributed by atoms with Crippen LogP contribution in [0.5, 0.6) is 0 Å². The molecule has 0 aliphatic carbocycles. The van der Waals surface area contributed by atoms with Gasteiger partial charge in [-0.2, -0.15) is 0 Å². The molecule has 78 valence electrons. The Kier molecular flexibility index (Phi) is 2.87. The maximum absolute atomic E-state index is 11.4. The van der Waals surface area contributed by atoms with Gasteiger partial charge < -0.3 is 0 Å². The molecule has 0 amide bonds. The van der Waals surface area contributed by atoms with E-state index in [-0.39, 0.29) is 0 Å². The van der Waals surface area contributed by atoms with Crippen LogP contribution in [0.25, 0.3) is 10.1 Å². The van der Waals surface area contributed by atoms with E-state index < -0.39 is 0 Å². The molecule has 0 aliphatic heterocycles. The smallest absolute Gasteiger partial charge is 0.137 e. The third-order valence-electron chi connectivity index (χ3n) is 2.69. The van der Waals surface area contributed by atoms with Crippen LogP contribution >= 0.6 is 11.3 Å². The van der Waals surface area contributed by atoms with Crippen molar-refractivity contribution in [2.45, 2.75) is 26.7 Å². The van der Waals surface area contributed by atoms with Crippen molar-refractivity contribution in [1.29, 1.82) is 0 Å². The van der Waals surface area contributed by atoms with Crippen molar-refractivity contribution < 1.29 is 4.79 Å². The maximum atomic E-state index is 11.4. The summed E-state index contributed by atoms with van der Waals surface area (Å²) in [5.74, 6) is 0.324. The van der Waals surface area contributed by atoms with Crippen LogP contribution in [0.1, 0.15) is 23.8 Å². The van der Waals surface area contributed by atoms with E-state index >= 15 is 0 Å². The first kappa shape index (κ1) is 10.4. The van der Waals surface area contributed by atoms with Gasteiger partial charge in [-0.1, -0.05) is 25.1 Å². The fourth-order valence-electron chi connectivity index (χ4n) is 1.70. The Bertz CT molecular complexity index is 496. The Morgan fingerprint density at radius 1 is 1.33 bits per heavy atom. The van der Waals surface area contributed by atoms with Crippen LogP contribution in [-0.4, -0.2) is 5.78 Å². The normalized spacial score (nSPS) is 10.8. The van der Waals surface area contributed by atoms with Gasteiger partial charge in [-0.3, -0.25) is 4.79 Å². The second-order valence-electron chi connectivity index (χ2n) is 3.72. The van der Waals surface area contributed by atoms with Crippen LogP contribution in [0.2, 0.25) is 0 Å². The minimum Gasteiger partial charge on any atom is -0.299 e. The highest BCUT2D eigenvalue weighted by molar-refractivity contribution is 7.19. The lowest BCUT2D eigenvalue weighted by Gasteiger charge is -1.96. The number of hydrogen-bond acceptors (Lipinski definition) is 2. The highest BCUT2D eigenvalue weighted by atomic mass is 32.1. The molecule has 0 saturated heterocycles. The molecular weight excluding hydrogens is 204 g/mol. The SMILES string of the molecule is CCC(=O)Cc1sc2ccccc2c1C. The molecule has 2 heteroatoms. The van der Waals surface area contributed by atoms with Crippen molar-refractivity contribution in [2.75, 3.05) is 0 Å². The Morgan fingerprint density at radius 2 is 2.07 bits per heavy atom. The number of thiophene rings is 1. The minimum atomic E-state index is 0.324. The molecular formula is C13H14OS. The number of carbonyl (C=O) groups is 1. The van der Waals surface area contributed by atoms with Gasteiger partial charge in [0.05, 0.1) is 0 Å². The third-order valence-corrected chi connectivity index (χ3v) is 3.97. The standard InChI is InChI=1S/C13H14OS/c1-3-10(14)8-13-9(2)11-6-4-5-7-12(11)15-13/h4-7H,3,8H2,1-2H3. The van der Waals surface area contributed by atoms with E-state index in [1.54, 1.807) is 11.3 Å². The topological polar surface area (TPSA) is 17.1 Å². The number of fused-ring (bicyclic) bond motifs is 1. The summed E-state index contributed by atoms with van der Waals surface area (Å²) in [6.07, 6.45) is 1.23. The van der Waals surface area contributed by atoms with Gasteiger partial charge in [0.2, 0.25) is 0 Å². The van der Waals surface area contributed by atoms with Crippen LogP contribution < -0.4 is 0 Å². The van der Waals surface area contributed by atoms with Crippen molar-refractivity contribution in [3.63, 3.8) is 0 Å². The fourth-order valence-corrected chi connectivity index (χ4v) is 2.94. The van der Waals surface area contributed by atoms with E-state index in [9.17, 15) is 4.79 Å². The minimum absolute atomic E-state index is 0.324. The summed E-state index contributed by atoms with van der Waals surface area (Å²) in [5.41, 5.74) is 1.28. The van der Waals surface area contributed by atoms with E-state index in [1.807, 2.05) is 19.1 Å². The summed E-state index contributed by atoms with van der Waals surface area (Å²) in [6.45, 7) is 4.03. The van der Waals surface area contributed by atoms with Gasteiger partial charge in [-0.25, -0.2) is 0 Å². The quantitative estimate of drug-likeness (QED) is 0.767. The van der Waals surface area contributed by atoms with E-state index in [0.717, 1.165) is 0 Å². The monoisotopic (exact) mass is 218 g/mol. The van der Waals surface area contributed by atoms with Crippen LogP contribution in [0.3, 0.4) is 0 Å². The van der Waals surface area contributed by atoms with E-state index in [4.69, 9.17) is 0 Å². The molecule has 0 spiro atoms. The molecule has 15 heavy (non-hydrogen) atoms. The highest BCUT2D eigenvalue weighted by Gasteiger charge is 2.10. The molecule has 0 aliphatic rings. The van der Waals surface area contributed by atoms with Gasteiger partial charge >= 0.3 is 0 Å². The van der Waals surface area contributed by atoms with Crippen LogP contribution in [0, 0.1) is 6.92 Å². The lowest BCUT2D eigenvalue weighted by molar-refractivity contribution is -0.118. The molecule has 1 heterocycles. The van der Waals surface area contributed by atoms with Gasteiger partial charge in [-0.15, -0.1) is 11.3 Å². The lowest BCUT2D eigenvalue weighted by Crippen LogP contribution is -1.99. The molecule has 0 atom stereocenters. The van der Waals surface area contributed by atoms with Crippen molar-refractivity contribution >= 4 is 27.2 Å². The summed E-state index contributed by atoms with van der Waals surface area (Å²) < 4.78 is 1.29. The number of benzene rings is 1. The zero-order valence-electron chi connectivity index (χ0n) is 9.04. The molecule has 1 aromatic carbocycles. The Morgan fingerprint density at radius 3 is 2.73 bits per heavy atom. The van der Waals surface area contributed by atoms with Gasteiger partial charge in [0.25, 0.3) is 0 Å². The van der Waals surface area contributed by atoms with Crippen LogP contribution in [0.4, 0.5) is 0 Å². The second kappa shape index (κ2) is 4.15. The first-order chi connectivity index (χ1) is 7.22. The number of ketones is 1.